The topological polar surface area (TPSA) is 25.3 Å². The molecule has 0 atom stereocenters. The summed E-state index contributed by atoms with van der Waals surface area (Å²) in [5.74, 6) is 0. The summed E-state index contributed by atoms with van der Waals surface area (Å²) in [5, 5.41) is 2.87. The van der Waals surface area contributed by atoms with Crippen molar-refractivity contribution < 1.29 is 19.1 Å². The summed E-state index contributed by atoms with van der Waals surface area (Å²) in [5.41, 5.74) is 27.7. The number of rotatable bonds is 77. The van der Waals surface area contributed by atoms with E-state index in [4.69, 9.17) is 0 Å². The van der Waals surface area contributed by atoms with Crippen LogP contribution in [0.1, 0.15) is 531 Å². The van der Waals surface area contributed by atoms with E-state index in [1.54, 1.807) is 27.0 Å². The van der Waals surface area contributed by atoms with Gasteiger partial charge in [0, 0.05) is 17.2 Å². The number of hydrogen-bond donors (Lipinski definition) is 0. The molecule has 1 aliphatic rings. The Morgan fingerprint density at radius 3 is 0.750 bits per heavy atom. The van der Waals surface area contributed by atoms with Gasteiger partial charge in [-0.25, -0.2) is 4.70 Å². The maximum absolute atomic E-state index is 12.8. The molecule has 2 aromatic carbocycles. The first-order chi connectivity index (χ1) is 51.4. The van der Waals surface area contributed by atoms with Crippen LogP contribution in [0.15, 0.2) is 48.1 Å². The normalized spacial score (nSPS) is 12.5. The third-order valence-electron chi connectivity index (χ3n) is 23.1. The van der Waals surface area contributed by atoms with E-state index >= 15 is 0 Å². The van der Waals surface area contributed by atoms with E-state index in [0.29, 0.717) is 0 Å². The molecule has 0 fully saturated rings. The summed E-state index contributed by atoms with van der Waals surface area (Å²) >= 11 is 2.04. The van der Waals surface area contributed by atoms with Gasteiger partial charge in [-0.3, -0.25) is 0 Å². The fraction of sp³-hybridized carbons (Fsp3) is 0.822. The van der Waals surface area contributed by atoms with E-state index in [1.807, 2.05) is 14.4 Å². The van der Waals surface area contributed by atoms with Crippen LogP contribution >= 0.6 is 0 Å². The van der Waals surface area contributed by atoms with Gasteiger partial charge in [-0.2, -0.15) is 0 Å². The summed E-state index contributed by atoms with van der Waals surface area (Å²) < 4.78 is 1.63. The Kier molecular flexibility index (Phi) is 70.4. The van der Waals surface area contributed by atoms with E-state index in [2.05, 4.69) is 105 Å². The summed E-state index contributed by atoms with van der Waals surface area (Å²) in [6, 6.07) is 10.0. The van der Waals surface area contributed by atoms with Crippen molar-refractivity contribution in [3.05, 3.63) is 98.1 Å². The molecule has 0 saturated heterocycles. The van der Waals surface area contributed by atoms with E-state index in [9.17, 15) is 5.53 Å². The van der Waals surface area contributed by atoms with Crippen LogP contribution in [0, 0.1) is 0 Å². The summed E-state index contributed by atoms with van der Waals surface area (Å²) in [6.07, 6.45) is 106. The number of allylic oxidation sites excluding steroid dienone is 4. The molecular formula is C101H182N2Ni. The van der Waals surface area contributed by atoms with Crippen molar-refractivity contribution in [2.24, 2.45) is 0 Å². The van der Waals surface area contributed by atoms with Gasteiger partial charge in [0.2, 0.25) is 11.4 Å². The second kappa shape index (κ2) is 74.8. The van der Waals surface area contributed by atoms with Crippen LogP contribution in [0.2, 0.25) is 10.8 Å². The van der Waals surface area contributed by atoms with Crippen LogP contribution in [0.3, 0.4) is 0 Å². The average Bonchev–Trinajstić information content (AvgIpc) is 1.58. The Hall–Kier alpha value is -2.25. The van der Waals surface area contributed by atoms with Crippen molar-refractivity contribution in [2.45, 2.75) is 535 Å². The summed E-state index contributed by atoms with van der Waals surface area (Å²) in [7, 11) is 0. The molecule has 0 bridgehead atoms. The molecule has 0 aliphatic carbocycles. The van der Waals surface area contributed by atoms with Gasteiger partial charge in [0.15, 0.2) is 0 Å². The van der Waals surface area contributed by atoms with E-state index < -0.39 is 0 Å². The van der Waals surface area contributed by atoms with Crippen molar-refractivity contribution in [2.75, 3.05) is 0 Å². The van der Waals surface area contributed by atoms with E-state index in [1.165, 1.54) is 469 Å². The fourth-order valence-corrected chi connectivity index (χ4v) is 17.5. The Balaban J connectivity index is 0.000000991. The molecule has 0 spiro atoms. The molecule has 0 amide bonds. The molecule has 0 radical (unpaired) electrons. The Morgan fingerprint density at radius 2 is 0.481 bits per heavy atom. The van der Waals surface area contributed by atoms with Crippen LogP contribution in [-0.2, 0) is 53.0 Å². The number of hydrogen-bond acceptors (Lipinski definition) is 0. The number of aryl methyl sites for hydroxylation is 4. The molecule has 0 unspecified atom stereocenters. The van der Waals surface area contributed by atoms with Gasteiger partial charge in [0.25, 0.3) is 0 Å². The summed E-state index contributed by atoms with van der Waals surface area (Å²) in [4.78, 5) is 0. The molecular weight excluding hydrogens is 1300 g/mol. The van der Waals surface area contributed by atoms with Gasteiger partial charge in [-0.1, -0.05) is 306 Å². The molecule has 0 saturated carbocycles. The van der Waals surface area contributed by atoms with Gasteiger partial charge in [-0.15, -0.1) is 0 Å². The predicted molar refractivity (Wildman–Crippen MR) is 468 cm³/mol. The number of benzene rings is 2. The molecule has 2 nitrogen and oxygen atoms in total. The third-order valence-corrected chi connectivity index (χ3v) is 24.5. The first-order valence-electron chi connectivity index (χ1n) is 47.7. The first kappa shape index (κ1) is 97.8. The standard InChI is InChI=1S/C71H120N2.2C15H31.Ni/c1-8-15-22-23-24-25-26-27-28-29-30-31-32-33-34-35-36-37-38-39-40-41-48-53-65-60-70(66-56-61(49-42-16-9-2)68(54-46-20-13-6)62(57-66)50-43-17-10-3)73(72)71(65)67-58-63(51-44-18-11-4)69(55-47-21-14-7)64(59-67)52-45-19-12-5;2*1-3-5-7-9-11-13-15-14-12-10-8-6-4-2;/h48,53,56-60H,8-47,49-52,54-55H2,1-7H3;2*1,3-15H2,2H3;. The zero-order valence-corrected chi connectivity index (χ0v) is 73.1. The van der Waals surface area contributed by atoms with Crippen LogP contribution < -0.4 is 0 Å². The molecule has 2 aromatic rings. The van der Waals surface area contributed by atoms with Gasteiger partial charge in [0.05, 0.1) is 5.57 Å². The van der Waals surface area contributed by atoms with Crippen LogP contribution in [0.5, 0.6) is 0 Å². The molecule has 0 aromatic heterocycles. The molecule has 3 rings (SSSR count). The SMILES string of the molecule is CCCCCCCCCCCCCCCCCCCCCCCC=CC1=C(c2cc(CCCCC)c(CCCCC)c(CCCCC)c2)[N+](=[N-])C(c2cc(CCCCC)c(CCCCC)c(CCCCC)c2)=C1.CCCCCCCCCCCCCC[CH2][Ni][CH2]CCCCCCCCCCCCCC. The molecule has 3 heteroatoms. The van der Waals surface area contributed by atoms with Crippen LogP contribution in [-0.4, -0.2) is 4.70 Å². The second-order valence-corrected chi connectivity index (χ2v) is 34.6. The smallest absolute Gasteiger partial charge is 0.0654 e. The van der Waals surface area contributed by atoms with Gasteiger partial charge in [0.1, 0.15) is 0 Å². The van der Waals surface area contributed by atoms with E-state index in [-0.39, 0.29) is 0 Å². The van der Waals surface area contributed by atoms with Gasteiger partial charge in [-0.05, 0) is 148 Å². The van der Waals surface area contributed by atoms with Crippen molar-refractivity contribution in [1.29, 1.82) is 0 Å². The quantitative estimate of drug-likeness (QED) is 0.0358. The third kappa shape index (κ3) is 52.0. The molecule has 1 aliphatic heterocycles. The summed E-state index contributed by atoms with van der Waals surface area (Å²) in [6.45, 7) is 20.9. The minimum atomic E-state index is 0.962. The zero-order chi connectivity index (χ0) is 74.9. The first-order valence-corrected chi connectivity index (χ1v) is 49.1. The Labute approximate surface area is 659 Å². The van der Waals surface area contributed by atoms with Gasteiger partial charge < -0.3 is 5.53 Å². The second-order valence-electron chi connectivity index (χ2n) is 33.2. The fourth-order valence-electron chi connectivity index (χ4n) is 16.3. The van der Waals surface area contributed by atoms with E-state index in [0.717, 1.165) is 43.5 Å². The minimum absolute atomic E-state index is 0.962. The molecule has 104 heavy (non-hydrogen) atoms. The number of nitrogens with zero attached hydrogens (tertiary/aromatic N) is 2. The monoisotopic (exact) mass is 1480 g/mol. The molecule has 606 valence electrons. The zero-order valence-electron chi connectivity index (χ0n) is 72.1. The van der Waals surface area contributed by atoms with Crippen LogP contribution in [0.4, 0.5) is 0 Å². The maximum atomic E-state index is 12.8. The molecule has 0 N–H and O–H groups in total. The predicted octanol–water partition coefficient (Wildman–Crippen LogP) is 36.1. The van der Waals surface area contributed by atoms with Crippen molar-refractivity contribution >= 4 is 11.4 Å². The van der Waals surface area contributed by atoms with Crippen molar-refractivity contribution in [3.63, 3.8) is 0 Å². The number of unbranched alkanes of at least 4 members (excludes halogenated alkanes) is 57. The Bertz CT molecular complexity index is 2220. The van der Waals surface area contributed by atoms with Crippen LogP contribution in [0.25, 0.3) is 16.9 Å². The van der Waals surface area contributed by atoms with Crippen molar-refractivity contribution in [3.8, 4) is 0 Å². The molecule has 1 heterocycles. The minimum Gasteiger partial charge on any atom is -0.0654 e. The van der Waals surface area contributed by atoms with Gasteiger partial charge >= 0.3 is 166 Å². The van der Waals surface area contributed by atoms with Crippen molar-refractivity contribution in [1.82, 2.24) is 0 Å². The Morgan fingerprint density at radius 1 is 0.260 bits per heavy atom. The average molecular weight is 1480 g/mol.